The van der Waals surface area contributed by atoms with E-state index in [1.54, 1.807) is 29.6 Å². The Labute approximate surface area is 161 Å². The van der Waals surface area contributed by atoms with Crippen LogP contribution in [0.25, 0.3) is 0 Å². The summed E-state index contributed by atoms with van der Waals surface area (Å²) < 4.78 is 0. The number of carbonyl (C=O) groups is 2. The van der Waals surface area contributed by atoms with E-state index in [1.165, 1.54) is 17.8 Å². The lowest BCUT2D eigenvalue weighted by Crippen LogP contribution is -2.39. The maximum atomic E-state index is 12.4. The second kappa shape index (κ2) is 8.51. The van der Waals surface area contributed by atoms with E-state index in [2.05, 4.69) is 22.5 Å². The molecule has 3 amide bonds. The first-order chi connectivity index (χ1) is 12.5. The number of hydrogen-bond donors (Lipinski definition) is 2. The lowest BCUT2D eigenvalue weighted by Gasteiger charge is -2.30. The molecule has 8 heteroatoms. The molecule has 2 aromatic rings. The zero-order valence-electron chi connectivity index (χ0n) is 14.5. The molecule has 0 saturated carbocycles. The van der Waals surface area contributed by atoms with Crippen molar-refractivity contribution in [1.29, 1.82) is 0 Å². The summed E-state index contributed by atoms with van der Waals surface area (Å²) in [6.07, 6.45) is 2.50. The van der Waals surface area contributed by atoms with E-state index in [4.69, 9.17) is 11.6 Å². The summed E-state index contributed by atoms with van der Waals surface area (Å²) in [6.45, 7) is 3.80. The van der Waals surface area contributed by atoms with Crippen LogP contribution in [0.5, 0.6) is 0 Å². The first kappa shape index (κ1) is 18.7. The van der Waals surface area contributed by atoms with E-state index >= 15 is 0 Å². The number of carbonyl (C=O) groups excluding carboxylic acids is 2. The van der Waals surface area contributed by atoms with E-state index in [1.807, 2.05) is 4.90 Å². The number of amides is 3. The van der Waals surface area contributed by atoms with Gasteiger partial charge in [-0.3, -0.25) is 10.1 Å². The number of nitrogens with zero attached hydrogens (tertiary/aromatic N) is 2. The molecule has 1 unspecified atom stereocenters. The minimum Gasteiger partial charge on any atom is -0.342 e. The molecule has 0 radical (unpaired) electrons. The summed E-state index contributed by atoms with van der Waals surface area (Å²) in [6, 6.07) is 6.50. The summed E-state index contributed by atoms with van der Waals surface area (Å²) in [5, 5.41) is 8.18. The summed E-state index contributed by atoms with van der Waals surface area (Å²) in [4.78, 5) is 30.7. The highest BCUT2D eigenvalue weighted by Crippen LogP contribution is 2.20. The van der Waals surface area contributed by atoms with Crippen LogP contribution in [0.3, 0.4) is 0 Å². The second-order valence-corrected chi connectivity index (χ2v) is 7.79. The van der Waals surface area contributed by atoms with Gasteiger partial charge in [0.1, 0.15) is 0 Å². The van der Waals surface area contributed by atoms with Crippen LogP contribution < -0.4 is 10.6 Å². The van der Waals surface area contributed by atoms with Crippen molar-refractivity contribution in [1.82, 2.24) is 9.88 Å². The lowest BCUT2D eigenvalue weighted by molar-refractivity contribution is -0.132. The number of thiazole rings is 1. The molecule has 1 aliphatic rings. The van der Waals surface area contributed by atoms with Crippen molar-refractivity contribution in [2.45, 2.75) is 26.2 Å². The fourth-order valence-corrected chi connectivity index (χ4v) is 3.85. The van der Waals surface area contributed by atoms with Gasteiger partial charge < -0.3 is 10.2 Å². The highest BCUT2D eigenvalue weighted by molar-refractivity contribution is 7.14. The quantitative estimate of drug-likeness (QED) is 0.817. The van der Waals surface area contributed by atoms with Crippen LogP contribution >= 0.6 is 22.9 Å². The van der Waals surface area contributed by atoms with Crippen molar-refractivity contribution in [3.8, 4) is 0 Å². The number of halogens is 1. The number of hydrogen-bond acceptors (Lipinski definition) is 4. The van der Waals surface area contributed by atoms with Crippen molar-refractivity contribution >= 4 is 45.7 Å². The fourth-order valence-electron chi connectivity index (χ4n) is 2.95. The number of anilines is 2. The first-order valence-electron chi connectivity index (χ1n) is 8.55. The molecular weight excluding hydrogens is 372 g/mol. The minimum atomic E-state index is -0.399. The number of likely N-dealkylation sites (tertiary alicyclic amines) is 1. The summed E-state index contributed by atoms with van der Waals surface area (Å²) >= 11 is 7.20. The van der Waals surface area contributed by atoms with E-state index in [0.29, 0.717) is 27.5 Å². The molecule has 0 bridgehead atoms. The SMILES string of the molecule is CC1CCCN(C(=O)Cc2csc(NC(=O)Nc3cccc(Cl)c3)n2)C1. The van der Waals surface area contributed by atoms with Gasteiger partial charge in [-0.15, -0.1) is 11.3 Å². The molecule has 1 atom stereocenters. The third-order valence-corrected chi connectivity index (χ3v) is 5.24. The number of nitrogens with one attached hydrogen (secondary N) is 2. The van der Waals surface area contributed by atoms with Gasteiger partial charge in [-0.2, -0.15) is 0 Å². The molecular formula is C18H21ClN4O2S. The molecule has 1 saturated heterocycles. The summed E-state index contributed by atoms with van der Waals surface area (Å²) in [7, 11) is 0. The number of urea groups is 1. The Balaban J connectivity index is 1.52. The van der Waals surface area contributed by atoms with Gasteiger partial charge in [0.15, 0.2) is 5.13 Å². The van der Waals surface area contributed by atoms with Gasteiger partial charge in [0.2, 0.25) is 5.91 Å². The average Bonchev–Trinajstić information content (AvgIpc) is 3.01. The molecule has 1 aliphatic heterocycles. The van der Waals surface area contributed by atoms with Crippen LogP contribution in [0.15, 0.2) is 29.6 Å². The van der Waals surface area contributed by atoms with Gasteiger partial charge in [-0.25, -0.2) is 9.78 Å². The smallest absolute Gasteiger partial charge is 0.325 e. The Morgan fingerprint density at radius 3 is 3.00 bits per heavy atom. The van der Waals surface area contributed by atoms with Crippen LogP contribution in [0.1, 0.15) is 25.5 Å². The maximum Gasteiger partial charge on any atom is 0.325 e. The predicted molar refractivity (Wildman–Crippen MR) is 105 cm³/mol. The Morgan fingerprint density at radius 1 is 1.38 bits per heavy atom. The summed E-state index contributed by atoms with van der Waals surface area (Å²) in [5.41, 5.74) is 1.28. The van der Waals surface area contributed by atoms with Crippen LogP contribution in [0.2, 0.25) is 5.02 Å². The van der Waals surface area contributed by atoms with Crippen LogP contribution in [-0.4, -0.2) is 34.9 Å². The Bertz CT molecular complexity index is 795. The van der Waals surface area contributed by atoms with Crippen molar-refractivity contribution in [3.05, 3.63) is 40.4 Å². The molecule has 6 nitrogen and oxygen atoms in total. The zero-order chi connectivity index (χ0) is 18.5. The van der Waals surface area contributed by atoms with Crippen molar-refractivity contribution in [2.24, 2.45) is 5.92 Å². The molecule has 1 fully saturated rings. The summed E-state index contributed by atoms with van der Waals surface area (Å²) in [5.74, 6) is 0.646. The minimum absolute atomic E-state index is 0.0942. The standard InChI is InChI=1S/C18H21ClN4O2S/c1-12-4-3-7-23(10-12)16(24)9-15-11-26-18(21-15)22-17(25)20-14-6-2-5-13(19)8-14/h2,5-6,8,11-12H,3-4,7,9-10H2,1H3,(H2,20,21,22,25). The molecule has 0 aliphatic carbocycles. The van der Waals surface area contributed by atoms with Crippen LogP contribution in [0, 0.1) is 5.92 Å². The third kappa shape index (κ3) is 5.19. The molecule has 138 valence electrons. The largest absolute Gasteiger partial charge is 0.342 e. The van der Waals surface area contributed by atoms with Crippen LogP contribution in [-0.2, 0) is 11.2 Å². The topological polar surface area (TPSA) is 74.3 Å². The van der Waals surface area contributed by atoms with Gasteiger partial charge in [-0.05, 0) is 37.0 Å². The maximum absolute atomic E-state index is 12.4. The Hall–Kier alpha value is -2.12. The molecule has 3 rings (SSSR count). The third-order valence-electron chi connectivity index (χ3n) is 4.20. The number of benzene rings is 1. The first-order valence-corrected chi connectivity index (χ1v) is 9.81. The van der Waals surface area contributed by atoms with E-state index in [0.717, 1.165) is 19.5 Å². The number of aromatic nitrogens is 1. The van der Waals surface area contributed by atoms with Crippen molar-refractivity contribution in [3.63, 3.8) is 0 Å². The Morgan fingerprint density at radius 2 is 2.23 bits per heavy atom. The molecule has 0 spiro atoms. The fraction of sp³-hybridized carbons (Fsp3) is 0.389. The van der Waals surface area contributed by atoms with Gasteiger partial charge in [0.05, 0.1) is 12.1 Å². The highest BCUT2D eigenvalue weighted by atomic mass is 35.5. The average molecular weight is 393 g/mol. The van der Waals surface area contributed by atoms with E-state index < -0.39 is 6.03 Å². The van der Waals surface area contributed by atoms with Crippen molar-refractivity contribution in [2.75, 3.05) is 23.7 Å². The highest BCUT2D eigenvalue weighted by Gasteiger charge is 2.21. The van der Waals surface area contributed by atoms with Gasteiger partial charge in [-0.1, -0.05) is 24.6 Å². The molecule has 2 N–H and O–H groups in total. The second-order valence-electron chi connectivity index (χ2n) is 6.50. The normalized spacial score (nSPS) is 17.0. The molecule has 2 heterocycles. The number of rotatable bonds is 4. The zero-order valence-corrected chi connectivity index (χ0v) is 16.1. The predicted octanol–water partition coefficient (Wildman–Crippen LogP) is 4.24. The monoisotopic (exact) mass is 392 g/mol. The molecule has 1 aromatic carbocycles. The Kier molecular flexibility index (Phi) is 6.11. The molecule has 1 aromatic heterocycles. The lowest BCUT2D eigenvalue weighted by atomic mass is 10.00. The molecule has 26 heavy (non-hydrogen) atoms. The number of piperidine rings is 1. The van der Waals surface area contributed by atoms with Crippen LogP contribution in [0.4, 0.5) is 15.6 Å². The van der Waals surface area contributed by atoms with Gasteiger partial charge >= 0.3 is 6.03 Å². The van der Waals surface area contributed by atoms with Gasteiger partial charge in [0.25, 0.3) is 0 Å². The van der Waals surface area contributed by atoms with Crippen molar-refractivity contribution < 1.29 is 9.59 Å². The van der Waals surface area contributed by atoms with E-state index in [-0.39, 0.29) is 12.3 Å². The van der Waals surface area contributed by atoms with Gasteiger partial charge in [0, 0.05) is 29.2 Å². The van der Waals surface area contributed by atoms with E-state index in [9.17, 15) is 9.59 Å².